The highest BCUT2D eigenvalue weighted by Gasteiger charge is 2.23. The van der Waals surface area contributed by atoms with Crippen molar-refractivity contribution in [2.75, 3.05) is 26.6 Å². The normalized spacial score (nSPS) is 14.7. The lowest BCUT2D eigenvalue weighted by atomic mass is 9.89. The van der Waals surface area contributed by atoms with Crippen LogP contribution in [0.1, 0.15) is 32.1 Å². The third-order valence-corrected chi connectivity index (χ3v) is 4.54. The van der Waals surface area contributed by atoms with Crippen molar-refractivity contribution in [3.63, 3.8) is 0 Å². The first-order chi connectivity index (χ1) is 12.7. The van der Waals surface area contributed by atoms with Crippen LogP contribution in [0.5, 0.6) is 17.2 Å². The van der Waals surface area contributed by atoms with Gasteiger partial charge in [0.15, 0.2) is 11.5 Å². The zero-order valence-corrected chi connectivity index (χ0v) is 15.2. The molecule has 1 amide bonds. The van der Waals surface area contributed by atoms with Crippen molar-refractivity contribution in [2.45, 2.75) is 32.1 Å². The average molecular weight is 361 g/mol. The van der Waals surface area contributed by atoms with Gasteiger partial charge >= 0.3 is 6.01 Å². The number of hydrogen-bond acceptors (Lipinski definition) is 7. The lowest BCUT2D eigenvalue weighted by molar-refractivity contribution is -0.120. The lowest BCUT2D eigenvalue weighted by Gasteiger charge is -2.19. The number of carbonyl (C=O) groups is 1. The topological polar surface area (TPSA) is 95.7 Å². The van der Waals surface area contributed by atoms with Crippen molar-refractivity contribution >= 4 is 11.9 Å². The van der Waals surface area contributed by atoms with Gasteiger partial charge in [-0.15, -0.1) is 5.10 Å². The minimum Gasteiger partial charge on any atom is -0.493 e. The Balaban J connectivity index is 1.80. The Hall–Kier alpha value is -2.77. The van der Waals surface area contributed by atoms with E-state index in [0.717, 1.165) is 25.7 Å². The summed E-state index contributed by atoms with van der Waals surface area (Å²) in [6, 6.07) is 3.51. The van der Waals surface area contributed by atoms with E-state index in [0.29, 0.717) is 22.8 Å². The van der Waals surface area contributed by atoms with Crippen LogP contribution < -0.4 is 19.5 Å². The number of carbonyl (C=O) groups excluding carboxylic acids is 1. The van der Waals surface area contributed by atoms with E-state index < -0.39 is 0 Å². The van der Waals surface area contributed by atoms with Gasteiger partial charge in [0.1, 0.15) is 0 Å². The molecular formula is C18H23N3O5. The van der Waals surface area contributed by atoms with E-state index in [1.54, 1.807) is 12.1 Å². The molecule has 1 saturated carbocycles. The van der Waals surface area contributed by atoms with Gasteiger partial charge in [-0.05, 0) is 25.0 Å². The van der Waals surface area contributed by atoms with Crippen LogP contribution in [0.4, 0.5) is 6.01 Å². The summed E-state index contributed by atoms with van der Waals surface area (Å²) >= 11 is 0. The first-order valence-corrected chi connectivity index (χ1v) is 8.61. The zero-order chi connectivity index (χ0) is 18.5. The van der Waals surface area contributed by atoms with Crippen LogP contribution in [0.2, 0.25) is 0 Å². The van der Waals surface area contributed by atoms with Crippen LogP contribution in [-0.4, -0.2) is 37.4 Å². The Bertz CT molecular complexity index is 743. The van der Waals surface area contributed by atoms with Crippen molar-refractivity contribution in [3.05, 3.63) is 12.1 Å². The van der Waals surface area contributed by atoms with E-state index in [1.165, 1.54) is 27.8 Å². The fraction of sp³-hybridized carbons (Fsp3) is 0.500. The van der Waals surface area contributed by atoms with Crippen molar-refractivity contribution in [1.82, 2.24) is 10.2 Å². The number of amides is 1. The second-order valence-electron chi connectivity index (χ2n) is 6.15. The number of aromatic nitrogens is 2. The number of hydrogen-bond donors (Lipinski definition) is 1. The summed E-state index contributed by atoms with van der Waals surface area (Å²) in [7, 11) is 4.60. The standard InChI is InChI=1S/C18H23N3O5/c1-23-13-9-12(10-14(24-2)15(13)25-3)17-20-21-18(26-17)19-16(22)11-7-5-4-6-8-11/h9-11H,4-8H2,1-3H3,(H,19,21,22). The summed E-state index contributed by atoms with van der Waals surface area (Å²) < 4.78 is 21.6. The van der Waals surface area contributed by atoms with E-state index in [-0.39, 0.29) is 23.7 Å². The zero-order valence-electron chi connectivity index (χ0n) is 15.2. The van der Waals surface area contributed by atoms with E-state index in [2.05, 4.69) is 15.5 Å². The van der Waals surface area contributed by atoms with Gasteiger partial charge in [0.05, 0.1) is 21.3 Å². The molecular weight excluding hydrogens is 338 g/mol. The number of nitrogens with one attached hydrogen (secondary N) is 1. The largest absolute Gasteiger partial charge is 0.493 e. The quantitative estimate of drug-likeness (QED) is 0.843. The summed E-state index contributed by atoms with van der Waals surface area (Å²) in [5.74, 6) is 1.64. The molecule has 1 aromatic heterocycles. The van der Waals surface area contributed by atoms with Gasteiger partial charge in [-0.3, -0.25) is 10.1 Å². The second kappa shape index (κ2) is 8.07. The summed E-state index contributed by atoms with van der Waals surface area (Å²) in [4.78, 5) is 12.3. The molecule has 8 nitrogen and oxygen atoms in total. The van der Waals surface area contributed by atoms with Gasteiger partial charge in [-0.2, -0.15) is 0 Å². The van der Waals surface area contributed by atoms with Gasteiger partial charge in [0, 0.05) is 11.5 Å². The molecule has 1 aliphatic carbocycles. The Kier molecular flexibility index (Phi) is 5.60. The van der Waals surface area contributed by atoms with Gasteiger partial charge in [0.25, 0.3) is 0 Å². The van der Waals surface area contributed by atoms with Crippen LogP contribution in [-0.2, 0) is 4.79 Å². The maximum absolute atomic E-state index is 12.3. The second-order valence-corrected chi connectivity index (χ2v) is 6.15. The number of rotatable bonds is 6. The highest BCUT2D eigenvalue weighted by Crippen LogP contribution is 2.41. The number of nitrogens with zero attached hydrogens (tertiary/aromatic N) is 2. The van der Waals surface area contributed by atoms with Crippen molar-refractivity contribution < 1.29 is 23.4 Å². The predicted octanol–water partition coefficient (Wildman–Crippen LogP) is 3.28. The molecule has 0 aliphatic heterocycles. The molecule has 1 fully saturated rings. The molecule has 2 aromatic rings. The Labute approximate surface area is 151 Å². The van der Waals surface area contributed by atoms with E-state index in [1.807, 2.05) is 0 Å². The first kappa shape index (κ1) is 18.0. The van der Waals surface area contributed by atoms with Gasteiger partial charge in [0.2, 0.25) is 17.5 Å². The van der Waals surface area contributed by atoms with Crippen molar-refractivity contribution in [1.29, 1.82) is 0 Å². The van der Waals surface area contributed by atoms with Crippen LogP contribution in [0.15, 0.2) is 16.5 Å². The molecule has 0 bridgehead atoms. The molecule has 1 aliphatic rings. The third kappa shape index (κ3) is 3.74. The smallest absolute Gasteiger partial charge is 0.322 e. The van der Waals surface area contributed by atoms with Crippen LogP contribution in [0.3, 0.4) is 0 Å². The fourth-order valence-electron chi connectivity index (χ4n) is 3.17. The molecule has 0 radical (unpaired) electrons. The molecule has 26 heavy (non-hydrogen) atoms. The van der Waals surface area contributed by atoms with Crippen LogP contribution in [0.25, 0.3) is 11.5 Å². The number of benzene rings is 1. The maximum Gasteiger partial charge on any atom is 0.322 e. The number of ether oxygens (including phenoxy) is 3. The summed E-state index contributed by atoms with van der Waals surface area (Å²) in [5.41, 5.74) is 0.602. The minimum atomic E-state index is -0.0650. The molecule has 0 unspecified atom stereocenters. The lowest BCUT2D eigenvalue weighted by Crippen LogP contribution is -2.24. The van der Waals surface area contributed by atoms with Crippen molar-refractivity contribution in [3.8, 4) is 28.7 Å². The minimum absolute atomic E-state index is 0.0141. The number of methoxy groups -OCH3 is 3. The number of anilines is 1. The first-order valence-electron chi connectivity index (χ1n) is 8.61. The maximum atomic E-state index is 12.3. The Morgan fingerprint density at radius 2 is 1.69 bits per heavy atom. The van der Waals surface area contributed by atoms with Crippen molar-refractivity contribution in [2.24, 2.45) is 5.92 Å². The van der Waals surface area contributed by atoms with Crippen LogP contribution in [0, 0.1) is 5.92 Å². The molecule has 8 heteroatoms. The summed E-state index contributed by atoms with van der Waals surface area (Å²) in [6.07, 6.45) is 5.16. The molecule has 0 atom stereocenters. The third-order valence-electron chi connectivity index (χ3n) is 4.54. The van der Waals surface area contributed by atoms with E-state index in [9.17, 15) is 4.79 Å². The van der Waals surface area contributed by atoms with Gasteiger partial charge in [-0.25, -0.2) is 0 Å². The van der Waals surface area contributed by atoms with Gasteiger partial charge in [-0.1, -0.05) is 24.4 Å². The molecule has 1 heterocycles. The Morgan fingerprint density at radius 3 is 2.27 bits per heavy atom. The highest BCUT2D eigenvalue weighted by atomic mass is 16.5. The molecule has 1 aromatic carbocycles. The monoisotopic (exact) mass is 361 g/mol. The molecule has 0 spiro atoms. The molecule has 140 valence electrons. The SMILES string of the molecule is COc1cc(-c2nnc(NC(=O)C3CCCCC3)o2)cc(OC)c1OC. The predicted molar refractivity (Wildman–Crippen MR) is 94.6 cm³/mol. The molecule has 0 saturated heterocycles. The average Bonchev–Trinajstić information content (AvgIpc) is 3.15. The summed E-state index contributed by atoms with van der Waals surface area (Å²) in [5, 5.41) is 10.6. The van der Waals surface area contributed by atoms with E-state index >= 15 is 0 Å². The fourth-order valence-corrected chi connectivity index (χ4v) is 3.17. The molecule has 1 N–H and O–H groups in total. The highest BCUT2D eigenvalue weighted by molar-refractivity contribution is 5.90. The summed E-state index contributed by atoms with van der Waals surface area (Å²) in [6.45, 7) is 0. The van der Waals surface area contributed by atoms with Crippen LogP contribution >= 0.6 is 0 Å². The Morgan fingerprint density at radius 1 is 1.04 bits per heavy atom. The van der Waals surface area contributed by atoms with E-state index in [4.69, 9.17) is 18.6 Å². The molecule has 3 rings (SSSR count). The van der Waals surface area contributed by atoms with Gasteiger partial charge < -0.3 is 18.6 Å².